The Morgan fingerprint density at radius 3 is 2.79 bits per heavy atom. The summed E-state index contributed by atoms with van der Waals surface area (Å²) in [4.78, 5) is 16.7. The van der Waals surface area contributed by atoms with Gasteiger partial charge in [-0.1, -0.05) is 13.8 Å². The molecule has 19 heavy (non-hydrogen) atoms. The summed E-state index contributed by atoms with van der Waals surface area (Å²) in [5.74, 6) is 0.743. The lowest BCUT2D eigenvalue weighted by molar-refractivity contribution is 0.0760. The molecule has 0 aliphatic carbocycles. The summed E-state index contributed by atoms with van der Waals surface area (Å²) in [7, 11) is 0. The van der Waals surface area contributed by atoms with Gasteiger partial charge in [0, 0.05) is 26.2 Å². The molecule has 1 aliphatic rings. The van der Waals surface area contributed by atoms with Crippen molar-refractivity contribution >= 4 is 5.91 Å². The van der Waals surface area contributed by atoms with Gasteiger partial charge in [-0.3, -0.25) is 4.79 Å². The van der Waals surface area contributed by atoms with Crippen LogP contribution in [0, 0.1) is 5.92 Å². The molecule has 1 amide bonds. The van der Waals surface area contributed by atoms with E-state index in [2.05, 4.69) is 28.9 Å². The fourth-order valence-electron chi connectivity index (χ4n) is 2.47. The van der Waals surface area contributed by atoms with Gasteiger partial charge >= 0.3 is 0 Å². The third kappa shape index (κ3) is 3.99. The largest absolute Gasteiger partial charge is 0.337 e. The molecular formula is C14H22N4O. The number of rotatable bonds is 3. The fourth-order valence-corrected chi connectivity index (χ4v) is 2.47. The van der Waals surface area contributed by atoms with Gasteiger partial charge in [-0.2, -0.15) is 10.2 Å². The first-order valence-corrected chi connectivity index (χ1v) is 6.95. The van der Waals surface area contributed by atoms with E-state index in [1.165, 1.54) is 0 Å². The highest BCUT2D eigenvalue weighted by Gasteiger charge is 2.20. The summed E-state index contributed by atoms with van der Waals surface area (Å²) in [6, 6.07) is 1.73. The summed E-state index contributed by atoms with van der Waals surface area (Å²) >= 11 is 0. The van der Waals surface area contributed by atoms with E-state index in [-0.39, 0.29) is 5.91 Å². The van der Waals surface area contributed by atoms with Gasteiger partial charge in [0.05, 0.1) is 18.0 Å². The second-order valence-electron chi connectivity index (χ2n) is 5.47. The Hall–Kier alpha value is -1.49. The van der Waals surface area contributed by atoms with E-state index in [1.54, 1.807) is 18.5 Å². The van der Waals surface area contributed by atoms with Gasteiger partial charge in [0.2, 0.25) is 0 Å². The van der Waals surface area contributed by atoms with Crippen molar-refractivity contribution < 1.29 is 4.79 Å². The average molecular weight is 262 g/mol. The molecule has 0 N–H and O–H groups in total. The lowest BCUT2D eigenvalue weighted by Crippen LogP contribution is -2.36. The van der Waals surface area contributed by atoms with Crippen molar-refractivity contribution in [3.8, 4) is 0 Å². The van der Waals surface area contributed by atoms with Crippen molar-refractivity contribution in [1.29, 1.82) is 0 Å². The predicted octanol–water partition coefficient (Wildman–Crippen LogP) is 1.28. The third-order valence-electron chi connectivity index (χ3n) is 3.33. The number of carbonyl (C=O) groups excluding carboxylic acids is 1. The Labute approximate surface area is 114 Å². The lowest BCUT2D eigenvalue weighted by Gasteiger charge is -2.23. The van der Waals surface area contributed by atoms with Gasteiger partial charge in [0.15, 0.2) is 0 Å². The molecule has 1 aromatic heterocycles. The van der Waals surface area contributed by atoms with Gasteiger partial charge in [0.25, 0.3) is 5.91 Å². The van der Waals surface area contributed by atoms with Gasteiger partial charge in [-0.05, 0) is 24.9 Å². The van der Waals surface area contributed by atoms with Crippen LogP contribution in [-0.2, 0) is 0 Å². The molecule has 5 nitrogen and oxygen atoms in total. The molecule has 1 saturated heterocycles. The number of hydrogen-bond donors (Lipinski definition) is 0. The van der Waals surface area contributed by atoms with E-state index in [9.17, 15) is 4.79 Å². The fraction of sp³-hybridized carbons (Fsp3) is 0.643. The summed E-state index contributed by atoms with van der Waals surface area (Å²) in [5, 5.41) is 7.48. The van der Waals surface area contributed by atoms with Crippen molar-refractivity contribution in [3.63, 3.8) is 0 Å². The Balaban J connectivity index is 1.94. The SMILES string of the molecule is CC(C)CN1CCCN(C(=O)c2ccnnc2)CC1. The summed E-state index contributed by atoms with van der Waals surface area (Å²) < 4.78 is 0. The van der Waals surface area contributed by atoms with Crippen LogP contribution in [0.15, 0.2) is 18.5 Å². The molecule has 0 atom stereocenters. The quantitative estimate of drug-likeness (QED) is 0.823. The molecule has 1 fully saturated rings. The minimum atomic E-state index is 0.0706. The molecule has 0 radical (unpaired) electrons. The molecule has 2 heterocycles. The zero-order chi connectivity index (χ0) is 13.7. The van der Waals surface area contributed by atoms with Crippen LogP contribution in [0.2, 0.25) is 0 Å². The van der Waals surface area contributed by atoms with E-state index in [0.29, 0.717) is 11.5 Å². The molecule has 1 aliphatic heterocycles. The van der Waals surface area contributed by atoms with Crippen molar-refractivity contribution in [2.45, 2.75) is 20.3 Å². The van der Waals surface area contributed by atoms with E-state index < -0.39 is 0 Å². The normalized spacial score (nSPS) is 17.5. The van der Waals surface area contributed by atoms with Crippen molar-refractivity contribution in [2.24, 2.45) is 5.92 Å². The van der Waals surface area contributed by atoms with E-state index in [1.807, 2.05) is 4.90 Å². The summed E-state index contributed by atoms with van der Waals surface area (Å²) in [6.45, 7) is 9.24. The summed E-state index contributed by atoms with van der Waals surface area (Å²) in [5.41, 5.74) is 0.632. The van der Waals surface area contributed by atoms with Crippen LogP contribution in [0.25, 0.3) is 0 Å². The Kier molecular flexibility index (Phi) is 4.85. The minimum absolute atomic E-state index is 0.0706. The molecule has 1 aromatic rings. The van der Waals surface area contributed by atoms with Gasteiger partial charge in [-0.15, -0.1) is 0 Å². The molecule has 2 rings (SSSR count). The van der Waals surface area contributed by atoms with Crippen molar-refractivity contribution in [2.75, 3.05) is 32.7 Å². The third-order valence-corrected chi connectivity index (χ3v) is 3.33. The van der Waals surface area contributed by atoms with E-state index in [4.69, 9.17) is 0 Å². The number of amides is 1. The van der Waals surface area contributed by atoms with E-state index >= 15 is 0 Å². The van der Waals surface area contributed by atoms with Gasteiger partial charge < -0.3 is 9.80 Å². The van der Waals surface area contributed by atoms with Crippen LogP contribution in [-0.4, -0.2) is 58.6 Å². The maximum absolute atomic E-state index is 12.3. The molecule has 0 saturated carbocycles. The van der Waals surface area contributed by atoms with Gasteiger partial charge in [-0.25, -0.2) is 0 Å². The topological polar surface area (TPSA) is 49.3 Å². The molecule has 104 valence electrons. The maximum atomic E-state index is 12.3. The minimum Gasteiger partial charge on any atom is -0.337 e. The Morgan fingerprint density at radius 1 is 1.26 bits per heavy atom. The van der Waals surface area contributed by atoms with Crippen LogP contribution < -0.4 is 0 Å². The van der Waals surface area contributed by atoms with Crippen LogP contribution in [0.4, 0.5) is 0 Å². The van der Waals surface area contributed by atoms with Crippen LogP contribution in [0.1, 0.15) is 30.6 Å². The highest BCUT2D eigenvalue weighted by molar-refractivity contribution is 5.93. The molecular weight excluding hydrogens is 240 g/mol. The first-order chi connectivity index (χ1) is 9.16. The monoisotopic (exact) mass is 262 g/mol. The standard InChI is InChI=1S/C14H22N4O/c1-12(2)11-17-6-3-7-18(9-8-17)14(19)13-4-5-15-16-10-13/h4-5,10,12H,3,6-9,11H2,1-2H3. The lowest BCUT2D eigenvalue weighted by atomic mass is 10.2. The number of carbonyl (C=O) groups is 1. The Morgan fingerprint density at radius 2 is 2.11 bits per heavy atom. The highest BCUT2D eigenvalue weighted by atomic mass is 16.2. The Bertz CT molecular complexity index is 407. The second kappa shape index (κ2) is 6.61. The molecule has 5 heteroatoms. The first-order valence-electron chi connectivity index (χ1n) is 6.95. The number of hydrogen-bond acceptors (Lipinski definition) is 4. The molecule has 0 spiro atoms. The smallest absolute Gasteiger partial charge is 0.255 e. The van der Waals surface area contributed by atoms with Crippen molar-refractivity contribution in [1.82, 2.24) is 20.0 Å². The first kappa shape index (κ1) is 13.9. The second-order valence-corrected chi connectivity index (χ2v) is 5.47. The molecule has 0 unspecified atom stereocenters. The summed E-state index contributed by atoms with van der Waals surface area (Å²) in [6.07, 6.45) is 4.15. The van der Waals surface area contributed by atoms with Crippen LogP contribution in [0.3, 0.4) is 0 Å². The number of nitrogens with zero attached hydrogens (tertiary/aromatic N) is 4. The van der Waals surface area contributed by atoms with Crippen molar-refractivity contribution in [3.05, 3.63) is 24.0 Å². The van der Waals surface area contributed by atoms with Crippen LogP contribution in [0.5, 0.6) is 0 Å². The predicted molar refractivity (Wildman–Crippen MR) is 73.8 cm³/mol. The average Bonchev–Trinajstić information content (AvgIpc) is 2.64. The van der Waals surface area contributed by atoms with Crippen LogP contribution >= 0.6 is 0 Å². The molecule has 0 bridgehead atoms. The zero-order valence-corrected chi connectivity index (χ0v) is 11.7. The highest BCUT2D eigenvalue weighted by Crippen LogP contribution is 2.09. The molecule has 0 aromatic carbocycles. The number of aromatic nitrogens is 2. The van der Waals surface area contributed by atoms with E-state index in [0.717, 1.165) is 39.1 Å². The maximum Gasteiger partial charge on any atom is 0.255 e. The van der Waals surface area contributed by atoms with Gasteiger partial charge in [0.1, 0.15) is 0 Å². The zero-order valence-electron chi connectivity index (χ0n) is 11.7.